The maximum absolute atomic E-state index is 11.9. The van der Waals surface area contributed by atoms with Gasteiger partial charge in [0.25, 0.3) is 0 Å². The largest absolute Gasteiger partial charge is 0.401 e. The van der Waals surface area contributed by atoms with Gasteiger partial charge in [0.15, 0.2) is 0 Å². The Morgan fingerprint density at radius 2 is 1.94 bits per heavy atom. The topological polar surface area (TPSA) is 24.5 Å². The standard InChI is InChI=1S/C11H23F3N2O/c1-4-10(2)16(7-8-17-3)6-5-15-9-11(12,13)14/h10,15H,4-9H2,1-3H3. The van der Waals surface area contributed by atoms with Crippen molar-refractivity contribution in [2.24, 2.45) is 0 Å². The van der Waals surface area contributed by atoms with Crippen LogP contribution in [-0.4, -0.2) is 57.0 Å². The molecule has 0 heterocycles. The highest BCUT2D eigenvalue weighted by Crippen LogP contribution is 2.12. The zero-order valence-corrected chi connectivity index (χ0v) is 10.8. The summed E-state index contributed by atoms with van der Waals surface area (Å²) in [5.41, 5.74) is 0. The van der Waals surface area contributed by atoms with Crippen LogP contribution in [0.5, 0.6) is 0 Å². The van der Waals surface area contributed by atoms with Gasteiger partial charge in [-0.05, 0) is 13.3 Å². The first-order valence-electron chi connectivity index (χ1n) is 5.91. The Labute approximate surface area is 101 Å². The molecule has 0 radical (unpaired) electrons. The molecule has 1 N–H and O–H groups in total. The van der Waals surface area contributed by atoms with Crippen molar-refractivity contribution >= 4 is 0 Å². The highest BCUT2D eigenvalue weighted by Gasteiger charge is 2.26. The van der Waals surface area contributed by atoms with E-state index in [1.807, 2.05) is 0 Å². The van der Waals surface area contributed by atoms with Gasteiger partial charge in [0.1, 0.15) is 0 Å². The number of hydrogen-bond donors (Lipinski definition) is 1. The molecule has 0 rings (SSSR count). The lowest BCUT2D eigenvalue weighted by Gasteiger charge is -2.28. The van der Waals surface area contributed by atoms with E-state index in [9.17, 15) is 13.2 Å². The number of nitrogens with zero attached hydrogens (tertiary/aromatic N) is 1. The summed E-state index contributed by atoms with van der Waals surface area (Å²) in [5.74, 6) is 0. The van der Waals surface area contributed by atoms with E-state index in [0.717, 1.165) is 13.0 Å². The fraction of sp³-hybridized carbons (Fsp3) is 1.00. The summed E-state index contributed by atoms with van der Waals surface area (Å²) in [6.45, 7) is 5.50. The fourth-order valence-corrected chi connectivity index (χ4v) is 1.47. The molecule has 0 aromatic rings. The van der Waals surface area contributed by atoms with E-state index >= 15 is 0 Å². The van der Waals surface area contributed by atoms with Crippen LogP contribution in [0.3, 0.4) is 0 Å². The number of methoxy groups -OCH3 is 1. The van der Waals surface area contributed by atoms with E-state index in [2.05, 4.69) is 24.1 Å². The number of nitrogens with one attached hydrogen (secondary N) is 1. The predicted molar refractivity (Wildman–Crippen MR) is 62.1 cm³/mol. The molecule has 0 fully saturated rings. The van der Waals surface area contributed by atoms with Crippen LogP contribution < -0.4 is 5.32 Å². The Hall–Kier alpha value is -0.330. The van der Waals surface area contributed by atoms with E-state index in [-0.39, 0.29) is 0 Å². The second kappa shape index (κ2) is 8.72. The van der Waals surface area contributed by atoms with Crippen molar-refractivity contribution in [2.45, 2.75) is 32.5 Å². The molecule has 104 valence electrons. The molecule has 0 aliphatic heterocycles. The van der Waals surface area contributed by atoms with Crippen LogP contribution in [-0.2, 0) is 4.74 Å². The second-order valence-corrected chi connectivity index (χ2v) is 4.08. The van der Waals surface area contributed by atoms with Gasteiger partial charge in [-0.1, -0.05) is 6.92 Å². The third-order valence-corrected chi connectivity index (χ3v) is 2.70. The first-order valence-corrected chi connectivity index (χ1v) is 5.91. The Morgan fingerprint density at radius 3 is 2.41 bits per heavy atom. The molecule has 6 heteroatoms. The SMILES string of the molecule is CCC(C)N(CCNCC(F)(F)F)CCOC. The molecular formula is C11H23F3N2O. The molecular weight excluding hydrogens is 233 g/mol. The second-order valence-electron chi connectivity index (χ2n) is 4.08. The third kappa shape index (κ3) is 9.38. The minimum Gasteiger partial charge on any atom is -0.383 e. The Balaban J connectivity index is 3.83. The monoisotopic (exact) mass is 256 g/mol. The first kappa shape index (κ1) is 16.7. The molecule has 0 aliphatic carbocycles. The molecule has 0 bridgehead atoms. The van der Waals surface area contributed by atoms with Gasteiger partial charge in [-0.15, -0.1) is 0 Å². The summed E-state index contributed by atoms with van der Waals surface area (Å²) < 4.78 is 40.7. The summed E-state index contributed by atoms with van der Waals surface area (Å²) in [6, 6.07) is 0.359. The molecule has 0 aromatic heterocycles. The molecule has 17 heavy (non-hydrogen) atoms. The summed E-state index contributed by atoms with van der Waals surface area (Å²) in [6.07, 6.45) is -3.16. The van der Waals surface area contributed by atoms with E-state index in [1.54, 1.807) is 7.11 Å². The van der Waals surface area contributed by atoms with Crippen LogP contribution in [0.1, 0.15) is 20.3 Å². The summed E-state index contributed by atoms with van der Waals surface area (Å²) in [7, 11) is 1.62. The highest BCUT2D eigenvalue weighted by molar-refractivity contribution is 4.67. The van der Waals surface area contributed by atoms with E-state index in [0.29, 0.717) is 25.7 Å². The van der Waals surface area contributed by atoms with Crippen LogP contribution in [0.4, 0.5) is 13.2 Å². The van der Waals surface area contributed by atoms with Gasteiger partial charge in [-0.2, -0.15) is 13.2 Å². The van der Waals surface area contributed by atoms with Gasteiger partial charge in [0.05, 0.1) is 13.2 Å². The molecule has 0 aliphatic rings. The van der Waals surface area contributed by atoms with Crippen molar-refractivity contribution in [2.75, 3.05) is 39.9 Å². The minimum atomic E-state index is -4.13. The zero-order chi connectivity index (χ0) is 13.3. The van der Waals surface area contributed by atoms with Crippen molar-refractivity contribution < 1.29 is 17.9 Å². The van der Waals surface area contributed by atoms with E-state index in [4.69, 9.17) is 4.74 Å². The molecule has 0 saturated heterocycles. The van der Waals surface area contributed by atoms with Gasteiger partial charge in [0, 0.05) is 32.8 Å². The lowest BCUT2D eigenvalue weighted by atomic mass is 10.2. The number of ether oxygens (including phenoxy) is 1. The lowest BCUT2D eigenvalue weighted by Crippen LogP contribution is -2.41. The zero-order valence-electron chi connectivity index (χ0n) is 10.8. The van der Waals surface area contributed by atoms with Gasteiger partial charge in [-0.25, -0.2) is 0 Å². The van der Waals surface area contributed by atoms with Crippen LogP contribution in [0.2, 0.25) is 0 Å². The Bertz CT molecular complexity index is 188. The number of halogens is 3. The van der Waals surface area contributed by atoms with Gasteiger partial charge >= 0.3 is 6.18 Å². The highest BCUT2D eigenvalue weighted by atomic mass is 19.4. The third-order valence-electron chi connectivity index (χ3n) is 2.70. The predicted octanol–water partition coefficient (Wildman–Crippen LogP) is 1.89. The first-order chi connectivity index (χ1) is 7.90. The average molecular weight is 256 g/mol. The number of hydrogen-bond acceptors (Lipinski definition) is 3. The molecule has 0 amide bonds. The Morgan fingerprint density at radius 1 is 1.29 bits per heavy atom. The summed E-state index contributed by atoms with van der Waals surface area (Å²) in [5, 5.41) is 2.40. The van der Waals surface area contributed by atoms with Crippen LogP contribution >= 0.6 is 0 Å². The smallest absolute Gasteiger partial charge is 0.383 e. The summed E-state index contributed by atoms with van der Waals surface area (Å²) in [4.78, 5) is 2.13. The van der Waals surface area contributed by atoms with Crippen LogP contribution in [0, 0.1) is 0 Å². The summed E-state index contributed by atoms with van der Waals surface area (Å²) >= 11 is 0. The van der Waals surface area contributed by atoms with Gasteiger partial charge in [0.2, 0.25) is 0 Å². The lowest BCUT2D eigenvalue weighted by molar-refractivity contribution is -0.124. The molecule has 1 atom stereocenters. The molecule has 0 aromatic carbocycles. The van der Waals surface area contributed by atoms with Crippen molar-refractivity contribution in [1.29, 1.82) is 0 Å². The van der Waals surface area contributed by atoms with Crippen molar-refractivity contribution in [3.63, 3.8) is 0 Å². The van der Waals surface area contributed by atoms with Crippen molar-refractivity contribution in [1.82, 2.24) is 10.2 Å². The van der Waals surface area contributed by atoms with Gasteiger partial charge < -0.3 is 10.1 Å². The fourth-order valence-electron chi connectivity index (χ4n) is 1.47. The molecule has 1 unspecified atom stereocenters. The molecule has 3 nitrogen and oxygen atoms in total. The van der Waals surface area contributed by atoms with E-state index in [1.165, 1.54) is 0 Å². The average Bonchev–Trinajstić information content (AvgIpc) is 2.25. The van der Waals surface area contributed by atoms with Crippen LogP contribution in [0.15, 0.2) is 0 Å². The number of rotatable bonds is 9. The van der Waals surface area contributed by atoms with Crippen molar-refractivity contribution in [3.05, 3.63) is 0 Å². The van der Waals surface area contributed by atoms with Gasteiger partial charge in [-0.3, -0.25) is 4.90 Å². The van der Waals surface area contributed by atoms with Crippen LogP contribution in [0.25, 0.3) is 0 Å². The minimum absolute atomic E-state index is 0.341. The Kier molecular flexibility index (Phi) is 8.55. The number of alkyl halides is 3. The molecule has 0 spiro atoms. The maximum Gasteiger partial charge on any atom is 0.401 e. The van der Waals surface area contributed by atoms with E-state index < -0.39 is 12.7 Å². The maximum atomic E-state index is 11.9. The molecule has 0 saturated carbocycles. The quantitative estimate of drug-likeness (QED) is 0.638. The van der Waals surface area contributed by atoms with Crippen molar-refractivity contribution in [3.8, 4) is 0 Å². The normalized spacial score (nSPS) is 14.3.